The second-order valence-corrected chi connectivity index (χ2v) is 11.3. The van der Waals surface area contributed by atoms with Crippen molar-refractivity contribution in [3.8, 4) is 0 Å². The van der Waals surface area contributed by atoms with Crippen LogP contribution in [0.3, 0.4) is 0 Å². The van der Waals surface area contributed by atoms with E-state index in [0.29, 0.717) is 0 Å². The number of halogens is 1. The number of methoxy groups -OCH3 is 1. The van der Waals surface area contributed by atoms with Gasteiger partial charge in [-0.1, -0.05) is 0 Å². The predicted octanol–water partition coefficient (Wildman–Crippen LogP) is 4.35. The second-order valence-electron chi connectivity index (χ2n) is 6.29. The van der Waals surface area contributed by atoms with E-state index in [9.17, 15) is 4.79 Å². The van der Waals surface area contributed by atoms with Gasteiger partial charge < -0.3 is 0 Å². The minimum atomic E-state index is -1.63. The average Bonchev–Trinajstić information content (AvgIpc) is 1.96. The van der Waals surface area contributed by atoms with Crippen molar-refractivity contribution in [2.75, 3.05) is 16.0 Å². The van der Waals surface area contributed by atoms with Crippen LogP contribution in [-0.2, 0) is 4.74 Å². The van der Waals surface area contributed by atoms with Crippen LogP contribution in [0.1, 0.15) is 41.5 Å². The van der Waals surface area contributed by atoms with Crippen LogP contribution in [0.2, 0.25) is 0 Å². The molecular weight excluding hydrogens is 303 g/mol. The van der Waals surface area contributed by atoms with Gasteiger partial charge in [-0.15, -0.1) is 0 Å². The van der Waals surface area contributed by atoms with Crippen molar-refractivity contribution in [3.05, 3.63) is 0 Å². The van der Waals surface area contributed by atoms with Crippen LogP contribution in [0.4, 0.5) is 4.79 Å². The molecule has 92 valence electrons. The van der Waals surface area contributed by atoms with E-state index in [2.05, 4.69) is 41.5 Å². The molecule has 0 atom stereocenters. The SMILES string of the molecule is COC(=O)I(CC(C)(C)C)CC(C)(C)C. The Balaban J connectivity index is 4.53. The second kappa shape index (κ2) is 5.51. The zero-order valence-electron chi connectivity index (χ0n) is 11.1. The van der Waals surface area contributed by atoms with Gasteiger partial charge in [0.2, 0.25) is 0 Å². The van der Waals surface area contributed by atoms with Crippen LogP contribution >= 0.6 is 19.8 Å². The fourth-order valence-corrected chi connectivity index (χ4v) is 8.27. The third kappa shape index (κ3) is 8.05. The first-order chi connectivity index (χ1) is 6.55. The third-order valence-electron chi connectivity index (χ3n) is 1.50. The molecule has 0 aliphatic heterocycles. The fourth-order valence-electron chi connectivity index (χ4n) is 1.23. The molecular formula is C12H25IO2. The standard InChI is InChI=1S/C12H25IO2/c1-11(2,3)8-13(10(14)15-7)9-12(4,5)6/h8-9H2,1-7H3. The van der Waals surface area contributed by atoms with Crippen LogP contribution in [0.25, 0.3) is 0 Å². The molecule has 0 radical (unpaired) electrons. The Bertz CT molecular complexity index is 195. The van der Waals surface area contributed by atoms with Gasteiger partial charge in [-0.2, -0.15) is 0 Å². The summed E-state index contributed by atoms with van der Waals surface area (Å²) in [6, 6.07) is 0. The first kappa shape index (κ1) is 15.2. The van der Waals surface area contributed by atoms with Gasteiger partial charge in [0, 0.05) is 0 Å². The number of rotatable bonds is 3. The monoisotopic (exact) mass is 328 g/mol. The molecule has 3 heteroatoms. The van der Waals surface area contributed by atoms with E-state index in [0.717, 1.165) is 8.86 Å². The number of alkyl halides is 2. The fraction of sp³-hybridized carbons (Fsp3) is 0.917. The molecule has 0 fully saturated rings. The molecule has 0 bridgehead atoms. The van der Waals surface area contributed by atoms with E-state index < -0.39 is 19.8 Å². The van der Waals surface area contributed by atoms with Gasteiger partial charge in [-0.05, 0) is 0 Å². The summed E-state index contributed by atoms with van der Waals surface area (Å²) in [5.74, 6) is 0. The molecule has 0 aromatic carbocycles. The van der Waals surface area contributed by atoms with Crippen molar-refractivity contribution >= 4 is 23.8 Å². The summed E-state index contributed by atoms with van der Waals surface area (Å²) in [6.07, 6.45) is 0. The van der Waals surface area contributed by atoms with Crippen LogP contribution in [0.15, 0.2) is 0 Å². The maximum absolute atomic E-state index is 11.7. The average molecular weight is 328 g/mol. The van der Waals surface area contributed by atoms with Gasteiger partial charge in [-0.3, -0.25) is 0 Å². The quantitative estimate of drug-likeness (QED) is 0.437. The summed E-state index contributed by atoms with van der Waals surface area (Å²) in [5, 5.41) is 0. The Morgan fingerprint density at radius 1 is 1.00 bits per heavy atom. The number of ether oxygens (including phenoxy) is 1. The maximum atomic E-state index is 11.7. The van der Waals surface area contributed by atoms with Crippen LogP contribution in [0, 0.1) is 10.8 Å². The van der Waals surface area contributed by atoms with E-state index in [1.807, 2.05) is 0 Å². The van der Waals surface area contributed by atoms with Crippen molar-refractivity contribution in [3.63, 3.8) is 0 Å². The first-order valence-corrected chi connectivity index (χ1v) is 9.38. The summed E-state index contributed by atoms with van der Waals surface area (Å²) >= 11 is -1.63. The summed E-state index contributed by atoms with van der Waals surface area (Å²) in [5.41, 5.74) is 0.481. The van der Waals surface area contributed by atoms with Gasteiger partial charge in [0.1, 0.15) is 0 Å². The molecule has 0 saturated heterocycles. The van der Waals surface area contributed by atoms with E-state index in [-0.39, 0.29) is 14.8 Å². The Kier molecular flexibility index (Phi) is 5.58. The molecule has 0 spiro atoms. The first-order valence-electron chi connectivity index (χ1n) is 5.25. The molecule has 0 unspecified atom stereocenters. The zero-order valence-corrected chi connectivity index (χ0v) is 13.3. The van der Waals surface area contributed by atoms with Crippen LogP contribution < -0.4 is 0 Å². The molecule has 0 N–H and O–H groups in total. The van der Waals surface area contributed by atoms with Gasteiger partial charge in [0.05, 0.1) is 0 Å². The molecule has 0 heterocycles. The molecule has 0 aromatic rings. The molecule has 0 amide bonds. The Morgan fingerprint density at radius 2 is 1.33 bits per heavy atom. The zero-order chi connectivity index (χ0) is 12.3. The molecule has 2 nitrogen and oxygen atoms in total. The van der Waals surface area contributed by atoms with Gasteiger partial charge >= 0.3 is 102 Å². The van der Waals surface area contributed by atoms with E-state index in [1.54, 1.807) is 0 Å². The third-order valence-corrected chi connectivity index (χ3v) is 9.61. The molecule has 0 saturated carbocycles. The van der Waals surface area contributed by atoms with Gasteiger partial charge in [0.25, 0.3) is 0 Å². The van der Waals surface area contributed by atoms with E-state index in [4.69, 9.17) is 4.74 Å². The summed E-state index contributed by atoms with van der Waals surface area (Å²) in [4.78, 5) is 11.7. The Morgan fingerprint density at radius 3 is 1.53 bits per heavy atom. The minimum absolute atomic E-state index is 0.0871. The Labute approximate surface area is 102 Å². The van der Waals surface area contributed by atoms with Crippen molar-refractivity contribution in [1.82, 2.24) is 0 Å². The van der Waals surface area contributed by atoms with E-state index >= 15 is 0 Å². The van der Waals surface area contributed by atoms with Crippen molar-refractivity contribution in [2.24, 2.45) is 10.8 Å². The van der Waals surface area contributed by atoms with Crippen molar-refractivity contribution < 1.29 is 9.53 Å². The Hall–Kier alpha value is 0.200. The van der Waals surface area contributed by atoms with Crippen LogP contribution in [0.5, 0.6) is 0 Å². The molecule has 0 aliphatic carbocycles. The topological polar surface area (TPSA) is 26.3 Å². The summed E-state index contributed by atoms with van der Waals surface area (Å²) < 4.78 is 7.11. The molecule has 0 aliphatic rings. The molecule has 15 heavy (non-hydrogen) atoms. The number of carbonyl (C=O) groups excluding carboxylic acids is 1. The van der Waals surface area contributed by atoms with Gasteiger partial charge in [0.15, 0.2) is 0 Å². The van der Waals surface area contributed by atoms with Crippen molar-refractivity contribution in [1.29, 1.82) is 0 Å². The summed E-state index contributed by atoms with van der Waals surface area (Å²) in [6.45, 7) is 13.2. The number of hydrogen-bond acceptors (Lipinski definition) is 2. The van der Waals surface area contributed by atoms with Crippen LogP contribution in [-0.4, -0.2) is 19.9 Å². The number of hydrogen-bond donors (Lipinski definition) is 0. The molecule has 0 aromatic heterocycles. The van der Waals surface area contributed by atoms with Gasteiger partial charge in [-0.25, -0.2) is 0 Å². The number of carbonyl (C=O) groups is 1. The molecule has 0 rings (SSSR count). The predicted molar refractivity (Wildman–Crippen MR) is 75.1 cm³/mol. The van der Waals surface area contributed by atoms with E-state index in [1.165, 1.54) is 7.11 Å². The van der Waals surface area contributed by atoms with Crippen molar-refractivity contribution in [2.45, 2.75) is 41.5 Å². The normalized spacial score (nSPS) is 13.7. The summed E-state index contributed by atoms with van der Waals surface area (Å²) in [7, 11) is 1.51.